The average molecular weight is 511 g/mol. The number of hydrogen-bond donors (Lipinski definition) is 1. The van der Waals surface area contributed by atoms with Crippen LogP contribution in [0, 0.1) is 27.7 Å². The van der Waals surface area contributed by atoms with Gasteiger partial charge in [-0.2, -0.15) is 13.2 Å². The van der Waals surface area contributed by atoms with Crippen LogP contribution in [-0.4, -0.2) is 12.5 Å². The molecule has 0 aliphatic heterocycles. The number of carbonyl (C=O) groups excluding carboxylic acids is 1. The zero-order valence-corrected chi connectivity index (χ0v) is 20.6. The van der Waals surface area contributed by atoms with Crippen molar-refractivity contribution in [2.75, 3.05) is 11.9 Å². The first-order valence-corrected chi connectivity index (χ1v) is 11.4. The Morgan fingerprint density at radius 1 is 0.919 bits per heavy atom. The van der Waals surface area contributed by atoms with Crippen molar-refractivity contribution in [3.8, 4) is 17.2 Å². The van der Waals surface area contributed by atoms with E-state index in [-0.39, 0.29) is 22.5 Å². The van der Waals surface area contributed by atoms with E-state index in [1.54, 1.807) is 38.1 Å². The van der Waals surface area contributed by atoms with E-state index < -0.39 is 35.6 Å². The van der Waals surface area contributed by atoms with Gasteiger partial charge in [-0.1, -0.05) is 29.8 Å². The monoisotopic (exact) mass is 511 g/mol. The summed E-state index contributed by atoms with van der Waals surface area (Å²) < 4.78 is 57.6. The van der Waals surface area contributed by atoms with Crippen molar-refractivity contribution in [1.82, 2.24) is 0 Å². The van der Waals surface area contributed by atoms with Crippen molar-refractivity contribution in [2.24, 2.45) is 0 Å². The van der Waals surface area contributed by atoms with Crippen LogP contribution < -0.4 is 20.2 Å². The van der Waals surface area contributed by atoms with Crippen molar-refractivity contribution in [1.29, 1.82) is 0 Å². The van der Waals surface area contributed by atoms with Gasteiger partial charge in [0.1, 0.15) is 17.1 Å². The first kappa shape index (κ1) is 25.8. The maximum absolute atomic E-state index is 13.9. The molecule has 0 atom stereocenters. The normalized spacial score (nSPS) is 11.4. The van der Waals surface area contributed by atoms with Crippen molar-refractivity contribution in [2.45, 2.75) is 33.9 Å². The van der Waals surface area contributed by atoms with Crippen molar-refractivity contribution in [3.63, 3.8) is 0 Å². The topological polar surface area (TPSA) is 77.8 Å². The van der Waals surface area contributed by atoms with Gasteiger partial charge >= 0.3 is 6.18 Å². The van der Waals surface area contributed by atoms with Gasteiger partial charge in [-0.05, 0) is 68.7 Å². The van der Waals surface area contributed by atoms with Gasteiger partial charge in [-0.3, -0.25) is 9.59 Å². The van der Waals surface area contributed by atoms with Crippen LogP contribution in [0.5, 0.6) is 17.2 Å². The molecular formula is C28H24F3NO5. The maximum atomic E-state index is 13.9. The van der Waals surface area contributed by atoms with Crippen molar-refractivity contribution < 1.29 is 31.9 Å². The number of halogens is 3. The van der Waals surface area contributed by atoms with Crippen LogP contribution in [0.4, 0.5) is 18.9 Å². The highest BCUT2D eigenvalue weighted by Crippen LogP contribution is 2.39. The van der Waals surface area contributed by atoms with E-state index in [9.17, 15) is 22.8 Å². The molecule has 0 aliphatic carbocycles. The molecule has 1 N–H and O–H groups in total. The predicted molar refractivity (Wildman–Crippen MR) is 134 cm³/mol. The summed E-state index contributed by atoms with van der Waals surface area (Å²) in [6, 6.07) is 14.3. The summed E-state index contributed by atoms with van der Waals surface area (Å²) >= 11 is 0. The Balaban J connectivity index is 1.62. The smallest absolute Gasteiger partial charge is 0.453 e. The second kappa shape index (κ2) is 10.0. The molecule has 192 valence electrons. The molecule has 0 bridgehead atoms. The lowest BCUT2D eigenvalue weighted by Crippen LogP contribution is -2.20. The fraction of sp³-hybridized carbons (Fsp3) is 0.214. The van der Waals surface area contributed by atoms with Gasteiger partial charge in [0, 0.05) is 11.8 Å². The molecule has 0 spiro atoms. The van der Waals surface area contributed by atoms with Crippen molar-refractivity contribution >= 4 is 22.6 Å². The van der Waals surface area contributed by atoms with Crippen LogP contribution in [0.3, 0.4) is 0 Å². The van der Waals surface area contributed by atoms with Gasteiger partial charge in [0.25, 0.3) is 11.7 Å². The molecule has 1 aromatic heterocycles. The zero-order valence-electron chi connectivity index (χ0n) is 20.6. The highest BCUT2D eigenvalue weighted by Gasteiger charge is 2.40. The molecule has 0 radical (unpaired) electrons. The molecule has 0 aliphatic rings. The summed E-state index contributed by atoms with van der Waals surface area (Å²) in [5.41, 5.74) is 2.52. The lowest BCUT2D eigenvalue weighted by Gasteiger charge is -2.15. The number of amides is 1. The summed E-state index contributed by atoms with van der Waals surface area (Å²) in [7, 11) is 0. The van der Waals surface area contributed by atoms with E-state index in [1.807, 2.05) is 26.0 Å². The van der Waals surface area contributed by atoms with Gasteiger partial charge in [-0.15, -0.1) is 0 Å². The minimum absolute atomic E-state index is 0.0581. The minimum atomic E-state index is -5.00. The second-order valence-corrected chi connectivity index (χ2v) is 8.77. The van der Waals surface area contributed by atoms with E-state index in [2.05, 4.69) is 5.32 Å². The molecule has 3 aromatic carbocycles. The van der Waals surface area contributed by atoms with E-state index in [1.165, 1.54) is 12.1 Å². The van der Waals surface area contributed by atoms with E-state index >= 15 is 0 Å². The zero-order chi connectivity index (χ0) is 26.9. The van der Waals surface area contributed by atoms with Crippen LogP contribution in [0.15, 0.2) is 63.8 Å². The van der Waals surface area contributed by atoms with Gasteiger partial charge in [0.15, 0.2) is 6.61 Å². The molecule has 0 fully saturated rings. The molecule has 4 aromatic rings. The largest absolute Gasteiger partial charge is 0.484 e. The molecule has 6 nitrogen and oxygen atoms in total. The van der Waals surface area contributed by atoms with Gasteiger partial charge < -0.3 is 19.2 Å². The SMILES string of the molecule is Cc1ccc(NC(=O)COc2ccc3c(=O)c(Oc4cc(C)ccc4C)c(C(F)(F)F)oc3c2)c(C)c1. The number of nitrogens with one attached hydrogen (secondary N) is 1. The summed E-state index contributed by atoms with van der Waals surface area (Å²) in [6.45, 7) is 6.80. The molecular weight excluding hydrogens is 487 g/mol. The lowest BCUT2D eigenvalue weighted by atomic mass is 10.1. The molecule has 1 amide bonds. The number of carbonyl (C=O) groups is 1. The van der Waals surface area contributed by atoms with Gasteiger partial charge in [0.05, 0.1) is 5.39 Å². The Hall–Kier alpha value is -4.27. The first-order chi connectivity index (χ1) is 17.4. The summed E-state index contributed by atoms with van der Waals surface area (Å²) in [5, 5.41) is 2.59. The number of ether oxygens (including phenoxy) is 2. The molecule has 1 heterocycles. The molecule has 4 rings (SSSR count). The molecule has 37 heavy (non-hydrogen) atoms. The highest BCUT2D eigenvalue weighted by molar-refractivity contribution is 5.92. The van der Waals surface area contributed by atoms with E-state index in [4.69, 9.17) is 13.9 Å². The third-order valence-corrected chi connectivity index (χ3v) is 5.66. The summed E-state index contributed by atoms with van der Waals surface area (Å²) in [4.78, 5) is 25.4. The average Bonchev–Trinajstić information content (AvgIpc) is 2.82. The van der Waals surface area contributed by atoms with Crippen LogP contribution in [0.25, 0.3) is 11.0 Å². The molecule has 0 saturated carbocycles. The summed E-state index contributed by atoms with van der Waals surface area (Å²) in [6.07, 6.45) is -5.00. The number of rotatable bonds is 6. The number of aryl methyl sites for hydroxylation is 4. The molecule has 0 saturated heterocycles. The lowest BCUT2D eigenvalue weighted by molar-refractivity contribution is -0.154. The van der Waals surface area contributed by atoms with Crippen LogP contribution >= 0.6 is 0 Å². The third-order valence-electron chi connectivity index (χ3n) is 5.66. The Kier molecular flexibility index (Phi) is 6.98. The standard InChI is InChI=1S/C28H24F3NO5/c1-15-6-10-21(18(4)11-15)32-24(33)14-35-19-8-9-20-23(13-19)37-27(28(29,30)31)26(25(20)34)36-22-12-16(2)5-7-17(22)3/h5-13H,14H2,1-4H3,(H,32,33). The van der Waals surface area contributed by atoms with Crippen LogP contribution in [0.1, 0.15) is 28.0 Å². The number of hydrogen-bond acceptors (Lipinski definition) is 5. The van der Waals surface area contributed by atoms with E-state index in [0.29, 0.717) is 11.3 Å². The minimum Gasteiger partial charge on any atom is -0.484 e. The number of alkyl halides is 3. The van der Waals surface area contributed by atoms with E-state index in [0.717, 1.165) is 22.8 Å². The number of fused-ring (bicyclic) bond motifs is 1. The predicted octanol–water partition coefficient (Wildman–Crippen LogP) is 6.86. The number of anilines is 1. The van der Waals surface area contributed by atoms with Gasteiger partial charge in [-0.25, -0.2) is 0 Å². The highest BCUT2D eigenvalue weighted by atomic mass is 19.4. The first-order valence-electron chi connectivity index (χ1n) is 11.4. The molecule has 9 heteroatoms. The summed E-state index contributed by atoms with van der Waals surface area (Å²) in [5.74, 6) is -2.79. The molecule has 0 unspecified atom stereocenters. The quantitative estimate of drug-likeness (QED) is 0.306. The van der Waals surface area contributed by atoms with Crippen LogP contribution in [0.2, 0.25) is 0 Å². The Morgan fingerprint density at radius 3 is 2.32 bits per heavy atom. The van der Waals surface area contributed by atoms with Crippen molar-refractivity contribution in [3.05, 3.63) is 92.8 Å². The Morgan fingerprint density at radius 2 is 1.62 bits per heavy atom. The Labute approximate surface area is 210 Å². The Bertz CT molecular complexity index is 1560. The second-order valence-electron chi connectivity index (χ2n) is 8.77. The fourth-order valence-electron chi connectivity index (χ4n) is 3.74. The maximum Gasteiger partial charge on any atom is 0.453 e. The van der Waals surface area contributed by atoms with Crippen LogP contribution in [-0.2, 0) is 11.0 Å². The number of benzene rings is 3. The van der Waals surface area contributed by atoms with Gasteiger partial charge in [0.2, 0.25) is 11.2 Å². The fourth-order valence-corrected chi connectivity index (χ4v) is 3.74. The third kappa shape index (κ3) is 5.77.